The van der Waals surface area contributed by atoms with E-state index in [1.807, 2.05) is 12.1 Å². The fraction of sp³-hybridized carbons (Fsp3) is 0.462. The molecule has 7 nitrogen and oxygen atoms in total. The van der Waals surface area contributed by atoms with E-state index in [-0.39, 0.29) is 24.0 Å². The fourth-order valence-electron chi connectivity index (χ4n) is 1.84. The molecule has 3 N–H and O–H groups in total. The van der Waals surface area contributed by atoms with Gasteiger partial charge in [-0.25, -0.2) is 4.98 Å². The molecular weight excluding hydrogens is 383 g/mol. The highest BCUT2D eigenvalue weighted by atomic mass is 127. The van der Waals surface area contributed by atoms with Crippen LogP contribution in [0.1, 0.15) is 18.7 Å². The first-order chi connectivity index (χ1) is 9.85. The first kappa shape index (κ1) is 15.8. The van der Waals surface area contributed by atoms with E-state index in [0.29, 0.717) is 18.1 Å². The highest BCUT2D eigenvalue weighted by molar-refractivity contribution is 14.0. The van der Waals surface area contributed by atoms with E-state index in [1.54, 1.807) is 13.3 Å². The van der Waals surface area contributed by atoms with Gasteiger partial charge >= 0.3 is 0 Å². The summed E-state index contributed by atoms with van der Waals surface area (Å²) < 4.78 is 5.25. The van der Waals surface area contributed by atoms with Gasteiger partial charge in [0.1, 0.15) is 5.82 Å². The Hall–Kier alpha value is -1.58. The number of hydrogen-bond donors (Lipinski definition) is 3. The van der Waals surface area contributed by atoms with Crippen molar-refractivity contribution in [2.75, 3.05) is 13.6 Å². The van der Waals surface area contributed by atoms with Gasteiger partial charge in [-0.1, -0.05) is 0 Å². The van der Waals surface area contributed by atoms with Crippen LogP contribution in [0.4, 0.5) is 0 Å². The molecule has 1 saturated carbocycles. The van der Waals surface area contributed by atoms with Crippen molar-refractivity contribution >= 4 is 29.9 Å². The van der Waals surface area contributed by atoms with E-state index in [0.717, 1.165) is 24.2 Å². The number of aliphatic imine (C=N–C) groups is 1. The first-order valence-electron chi connectivity index (χ1n) is 6.75. The normalized spacial score (nSPS) is 14.6. The topological polar surface area (TPSA) is 91.1 Å². The van der Waals surface area contributed by atoms with Gasteiger partial charge < -0.3 is 15.1 Å². The molecule has 0 unspecified atom stereocenters. The van der Waals surface area contributed by atoms with Crippen LogP contribution in [0.2, 0.25) is 0 Å². The molecule has 0 aliphatic heterocycles. The minimum absolute atomic E-state index is 0. The van der Waals surface area contributed by atoms with Crippen LogP contribution < -0.4 is 10.6 Å². The molecule has 0 bridgehead atoms. The summed E-state index contributed by atoms with van der Waals surface area (Å²) in [6.07, 6.45) is 4.24. The lowest BCUT2D eigenvalue weighted by Gasteiger charge is -2.09. The second kappa shape index (κ2) is 7.43. The highest BCUT2D eigenvalue weighted by Gasteiger charge is 2.21. The highest BCUT2D eigenvalue weighted by Crippen LogP contribution is 2.27. The Bertz CT molecular complexity index is 575. The molecule has 3 rings (SSSR count). The standard InChI is InChI=1S/C13H18N6O.HI/c1-14-13(15-7-9-4-5-9)16-8-11-17-12(19-18-11)10-3-2-6-20-10;/h2-3,6,9H,4-5,7-8H2,1H3,(H2,14,15,16)(H,17,18,19);1H. The van der Waals surface area contributed by atoms with Crippen molar-refractivity contribution in [3.8, 4) is 11.6 Å². The van der Waals surface area contributed by atoms with Crippen LogP contribution in [0, 0.1) is 5.92 Å². The van der Waals surface area contributed by atoms with E-state index in [1.165, 1.54) is 12.8 Å². The van der Waals surface area contributed by atoms with E-state index < -0.39 is 0 Å². The number of guanidine groups is 1. The smallest absolute Gasteiger partial charge is 0.216 e. The SMILES string of the molecule is CN=C(NCc1nc(-c2ccco2)n[nH]1)NCC1CC1.I. The molecule has 8 heteroatoms. The summed E-state index contributed by atoms with van der Waals surface area (Å²) in [6, 6.07) is 3.64. The molecule has 114 valence electrons. The van der Waals surface area contributed by atoms with Crippen LogP contribution in [0.15, 0.2) is 27.8 Å². The summed E-state index contributed by atoms with van der Waals surface area (Å²) >= 11 is 0. The lowest BCUT2D eigenvalue weighted by atomic mass is 10.4. The average Bonchev–Trinajstić information content (AvgIpc) is 2.94. The summed E-state index contributed by atoms with van der Waals surface area (Å²) in [7, 11) is 1.76. The molecule has 0 atom stereocenters. The second-order valence-electron chi connectivity index (χ2n) is 4.83. The molecule has 1 fully saturated rings. The van der Waals surface area contributed by atoms with Crippen molar-refractivity contribution in [2.45, 2.75) is 19.4 Å². The number of furan rings is 1. The number of H-pyrrole nitrogens is 1. The van der Waals surface area contributed by atoms with Crippen LogP contribution >= 0.6 is 24.0 Å². The van der Waals surface area contributed by atoms with E-state index in [4.69, 9.17) is 4.42 Å². The molecule has 2 aromatic rings. The summed E-state index contributed by atoms with van der Waals surface area (Å²) in [4.78, 5) is 8.53. The zero-order valence-corrected chi connectivity index (χ0v) is 14.1. The van der Waals surface area contributed by atoms with E-state index in [9.17, 15) is 0 Å². The van der Waals surface area contributed by atoms with Crippen molar-refractivity contribution in [2.24, 2.45) is 10.9 Å². The summed E-state index contributed by atoms with van der Waals surface area (Å²) in [5.41, 5.74) is 0. The van der Waals surface area contributed by atoms with Crippen LogP contribution in [-0.4, -0.2) is 34.7 Å². The number of halogens is 1. The Morgan fingerprint density at radius 2 is 2.33 bits per heavy atom. The summed E-state index contributed by atoms with van der Waals surface area (Å²) in [5, 5.41) is 13.5. The number of hydrogen-bond acceptors (Lipinski definition) is 4. The van der Waals surface area contributed by atoms with E-state index >= 15 is 0 Å². The minimum Gasteiger partial charge on any atom is -0.461 e. The predicted molar refractivity (Wildman–Crippen MR) is 90.4 cm³/mol. The maximum atomic E-state index is 5.25. The maximum Gasteiger partial charge on any atom is 0.216 e. The molecule has 2 aromatic heterocycles. The maximum absolute atomic E-state index is 5.25. The number of nitrogens with zero attached hydrogens (tertiary/aromatic N) is 3. The Morgan fingerprint density at radius 3 is 3.00 bits per heavy atom. The first-order valence-corrected chi connectivity index (χ1v) is 6.75. The zero-order valence-electron chi connectivity index (χ0n) is 11.8. The van der Waals surface area contributed by atoms with Gasteiger partial charge in [-0.2, -0.15) is 0 Å². The van der Waals surface area contributed by atoms with Crippen LogP contribution in [0.25, 0.3) is 11.6 Å². The molecule has 2 heterocycles. The van der Waals surface area contributed by atoms with Crippen LogP contribution in [-0.2, 0) is 6.54 Å². The lowest BCUT2D eigenvalue weighted by molar-refractivity contribution is 0.577. The lowest BCUT2D eigenvalue weighted by Crippen LogP contribution is -2.38. The zero-order chi connectivity index (χ0) is 13.8. The van der Waals surface area contributed by atoms with Gasteiger partial charge in [0.25, 0.3) is 0 Å². The Labute approximate surface area is 140 Å². The third-order valence-corrected chi connectivity index (χ3v) is 3.18. The molecule has 21 heavy (non-hydrogen) atoms. The Balaban J connectivity index is 0.00000161. The van der Waals surface area contributed by atoms with E-state index in [2.05, 4.69) is 30.8 Å². The van der Waals surface area contributed by atoms with Gasteiger partial charge in [0.15, 0.2) is 11.7 Å². The number of aromatic amines is 1. The number of rotatable bonds is 5. The van der Waals surface area contributed by atoms with Crippen molar-refractivity contribution < 1.29 is 4.42 Å². The Morgan fingerprint density at radius 1 is 1.48 bits per heavy atom. The monoisotopic (exact) mass is 402 g/mol. The molecule has 1 aliphatic rings. The van der Waals surface area contributed by atoms with Crippen LogP contribution in [0.5, 0.6) is 0 Å². The molecule has 0 radical (unpaired) electrons. The molecule has 0 spiro atoms. The fourth-order valence-corrected chi connectivity index (χ4v) is 1.84. The predicted octanol–water partition coefficient (Wildman–Crippen LogP) is 1.76. The average molecular weight is 402 g/mol. The number of aromatic nitrogens is 3. The van der Waals surface area contributed by atoms with Crippen LogP contribution in [0.3, 0.4) is 0 Å². The van der Waals surface area contributed by atoms with Crippen molar-refractivity contribution in [1.29, 1.82) is 0 Å². The third kappa shape index (κ3) is 4.45. The molecule has 0 amide bonds. The summed E-state index contributed by atoms with van der Waals surface area (Å²) in [6.45, 7) is 1.52. The van der Waals surface area contributed by atoms with Crippen molar-refractivity contribution in [3.05, 3.63) is 24.2 Å². The quantitative estimate of drug-likeness (QED) is 0.403. The van der Waals surface area contributed by atoms with Gasteiger partial charge in [-0.3, -0.25) is 10.1 Å². The minimum atomic E-state index is 0. The van der Waals surface area contributed by atoms with Gasteiger partial charge in [0.2, 0.25) is 5.82 Å². The van der Waals surface area contributed by atoms with Gasteiger partial charge in [-0.05, 0) is 30.9 Å². The van der Waals surface area contributed by atoms with Crippen molar-refractivity contribution in [3.63, 3.8) is 0 Å². The largest absolute Gasteiger partial charge is 0.461 e. The van der Waals surface area contributed by atoms with Gasteiger partial charge in [0.05, 0.1) is 12.8 Å². The number of nitrogens with one attached hydrogen (secondary N) is 3. The molecule has 0 saturated heterocycles. The molecular formula is C13H19IN6O. The second-order valence-corrected chi connectivity index (χ2v) is 4.83. The summed E-state index contributed by atoms with van der Waals surface area (Å²) in [5.74, 6) is 3.56. The van der Waals surface area contributed by atoms with Crippen molar-refractivity contribution in [1.82, 2.24) is 25.8 Å². The van der Waals surface area contributed by atoms with Gasteiger partial charge in [0, 0.05) is 13.6 Å². The van der Waals surface area contributed by atoms with Gasteiger partial charge in [-0.15, -0.1) is 29.1 Å². The molecule has 1 aliphatic carbocycles. The Kier molecular flexibility index (Phi) is 5.59. The third-order valence-electron chi connectivity index (χ3n) is 3.18. The molecule has 0 aromatic carbocycles.